The molecule has 4 rings (SSSR count). The Bertz CT molecular complexity index is 1130. The summed E-state index contributed by atoms with van der Waals surface area (Å²) in [5.41, 5.74) is 1.58. The van der Waals surface area contributed by atoms with Gasteiger partial charge in [0.1, 0.15) is 24.0 Å². The molecule has 0 fully saturated rings. The Labute approximate surface area is 178 Å². The molecule has 1 heterocycles. The number of benzene rings is 3. The van der Waals surface area contributed by atoms with Gasteiger partial charge in [0, 0.05) is 17.8 Å². The number of carbonyl (C=O) groups excluding carboxylic acids is 2. The fourth-order valence-corrected chi connectivity index (χ4v) is 3.45. The van der Waals surface area contributed by atoms with E-state index in [0.29, 0.717) is 23.4 Å². The highest BCUT2D eigenvalue weighted by Gasteiger charge is 2.26. The summed E-state index contributed by atoms with van der Waals surface area (Å²) in [5.74, 6) is -1.60. The molecule has 0 spiro atoms. The third-order valence-corrected chi connectivity index (χ3v) is 5.12. The van der Waals surface area contributed by atoms with Crippen LogP contribution in [0, 0.1) is 17.6 Å². The first-order chi connectivity index (χ1) is 15.0. The lowest BCUT2D eigenvalue weighted by atomic mass is 9.95. The van der Waals surface area contributed by atoms with Crippen LogP contribution >= 0.6 is 0 Å². The van der Waals surface area contributed by atoms with Crippen LogP contribution in [0.3, 0.4) is 0 Å². The minimum Gasteiger partial charge on any atom is -0.492 e. The number of ether oxygens (including phenoxy) is 1. The van der Waals surface area contributed by atoms with E-state index in [4.69, 9.17) is 4.74 Å². The highest BCUT2D eigenvalue weighted by Crippen LogP contribution is 2.30. The Morgan fingerprint density at radius 2 is 1.71 bits per heavy atom. The summed E-state index contributed by atoms with van der Waals surface area (Å²) in [5, 5.41) is 5.41. The van der Waals surface area contributed by atoms with Crippen LogP contribution in [0.2, 0.25) is 0 Å². The molecule has 0 aromatic heterocycles. The van der Waals surface area contributed by atoms with Crippen molar-refractivity contribution in [3.63, 3.8) is 0 Å². The van der Waals surface area contributed by atoms with Crippen LogP contribution in [0.25, 0.3) is 0 Å². The maximum atomic E-state index is 13.8. The summed E-state index contributed by atoms with van der Waals surface area (Å²) in [7, 11) is 0. The number of nitrogens with one attached hydrogen (secondary N) is 2. The minimum atomic E-state index is -0.604. The maximum absolute atomic E-state index is 13.8. The van der Waals surface area contributed by atoms with Crippen LogP contribution in [0.5, 0.6) is 5.75 Å². The topological polar surface area (TPSA) is 67.4 Å². The van der Waals surface area contributed by atoms with Crippen molar-refractivity contribution in [3.8, 4) is 5.75 Å². The average Bonchev–Trinajstić information content (AvgIpc) is 2.78. The smallest absolute Gasteiger partial charge is 0.258 e. The third-order valence-electron chi connectivity index (χ3n) is 5.12. The van der Waals surface area contributed by atoms with Crippen molar-refractivity contribution in [2.75, 3.05) is 11.9 Å². The number of hydrogen-bond donors (Lipinski definition) is 2. The second kappa shape index (κ2) is 8.95. The molecule has 2 N–H and O–H groups in total. The van der Waals surface area contributed by atoms with Crippen LogP contribution in [0.15, 0.2) is 66.7 Å². The monoisotopic (exact) mass is 422 g/mol. The highest BCUT2D eigenvalue weighted by atomic mass is 19.1. The average molecular weight is 422 g/mol. The fourth-order valence-electron chi connectivity index (χ4n) is 3.45. The zero-order chi connectivity index (χ0) is 21.8. The highest BCUT2D eigenvalue weighted by molar-refractivity contribution is 6.04. The largest absolute Gasteiger partial charge is 0.492 e. The molecule has 2 amide bonds. The SMILES string of the molecule is O=C(Nc1ccc2c(c1)CC(C(=O)NCc1ccccc1F)CO2)c1ccccc1F. The zero-order valence-electron chi connectivity index (χ0n) is 16.5. The van der Waals surface area contributed by atoms with E-state index in [1.165, 1.54) is 24.3 Å². The summed E-state index contributed by atoms with van der Waals surface area (Å²) in [4.78, 5) is 24.9. The number of hydrogen-bond acceptors (Lipinski definition) is 3. The van der Waals surface area contributed by atoms with E-state index in [9.17, 15) is 18.4 Å². The van der Waals surface area contributed by atoms with Gasteiger partial charge in [-0.25, -0.2) is 8.78 Å². The third kappa shape index (κ3) is 4.71. The summed E-state index contributed by atoms with van der Waals surface area (Å²) >= 11 is 0. The summed E-state index contributed by atoms with van der Waals surface area (Å²) in [6.45, 7) is 0.296. The summed E-state index contributed by atoms with van der Waals surface area (Å²) in [6.07, 6.45) is 0.405. The standard InChI is InChI=1S/C24H20F2N2O3/c25-20-7-3-1-5-15(20)13-27-23(29)17-11-16-12-18(9-10-22(16)31-14-17)28-24(30)19-6-2-4-8-21(19)26/h1-10,12,17H,11,13-14H2,(H,27,29)(H,28,30). The molecule has 1 unspecified atom stereocenters. The van der Waals surface area contributed by atoms with Crippen LogP contribution in [-0.4, -0.2) is 18.4 Å². The van der Waals surface area contributed by atoms with E-state index in [2.05, 4.69) is 10.6 Å². The van der Waals surface area contributed by atoms with Gasteiger partial charge in [0.25, 0.3) is 5.91 Å². The lowest BCUT2D eigenvalue weighted by molar-refractivity contribution is -0.126. The molecule has 1 atom stereocenters. The second-order valence-corrected chi connectivity index (χ2v) is 7.28. The van der Waals surface area contributed by atoms with E-state index in [0.717, 1.165) is 5.56 Å². The lowest BCUT2D eigenvalue weighted by Gasteiger charge is -2.25. The van der Waals surface area contributed by atoms with Gasteiger partial charge in [0.15, 0.2) is 0 Å². The van der Waals surface area contributed by atoms with Crippen LogP contribution in [0.1, 0.15) is 21.5 Å². The van der Waals surface area contributed by atoms with Crippen LogP contribution in [-0.2, 0) is 17.8 Å². The van der Waals surface area contributed by atoms with Gasteiger partial charge in [-0.05, 0) is 48.4 Å². The van der Waals surface area contributed by atoms with Gasteiger partial charge in [-0.2, -0.15) is 0 Å². The molecule has 7 heteroatoms. The van der Waals surface area contributed by atoms with Crippen molar-refractivity contribution in [2.45, 2.75) is 13.0 Å². The lowest BCUT2D eigenvalue weighted by Crippen LogP contribution is -2.37. The zero-order valence-corrected chi connectivity index (χ0v) is 16.5. The summed E-state index contributed by atoms with van der Waals surface area (Å²) in [6, 6.07) is 17.1. The molecule has 0 saturated carbocycles. The van der Waals surface area contributed by atoms with E-state index in [-0.39, 0.29) is 30.4 Å². The molecule has 3 aromatic rings. The predicted molar refractivity (Wildman–Crippen MR) is 112 cm³/mol. The molecule has 0 bridgehead atoms. The van der Waals surface area contributed by atoms with Gasteiger partial charge in [-0.15, -0.1) is 0 Å². The van der Waals surface area contributed by atoms with Crippen LogP contribution in [0.4, 0.5) is 14.5 Å². The van der Waals surface area contributed by atoms with Gasteiger partial charge in [0.05, 0.1) is 11.5 Å². The van der Waals surface area contributed by atoms with Crippen molar-refractivity contribution in [3.05, 3.63) is 95.1 Å². The Balaban J connectivity index is 1.41. The van der Waals surface area contributed by atoms with E-state index in [1.54, 1.807) is 42.5 Å². The second-order valence-electron chi connectivity index (χ2n) is 7.28. The molecule has 1 aliphatic rings. The van der Waals surface area contributed by atoms with E-state index in [1.807, 2.05) is 0 Å². The van der Waals surface area contributed by atoms with Crippen molar-refractivity contribution in [1.29, 1.82) is 0 Å². The van der Waals surface area contributed by atoms with Gasteiger partial charge in [-0.3, -0.25) is 9.59 Å². The van der Waals surface area contributed by atoms with Crippen molar-refractivity contribution in [1.82, 2.24) is 5.32 Å². The molecular weight excluding hydrogens is 402 g/mol. The Kier molecular flexibility index (Phi) is 5.93. The quantitative estimate of drug-likeness (QED) is 0.651. The van der Waals surface area contributed by atoms with Gasteiger partial charge >= 0.3 is 0 Å². The molecule has 158 valence electrons. The van der Waals surface area contributed by atoms with Crippen molar-refractivity contribution in [2.24, 2.45) is 5.92 Å². The van der Waals surface area contributed by atoms with Crippen molar-refractivity contribution >= 4 is 17.5 Å². The molecule has 0 aliphatic carbocycles. The number of carbonyl (C=O) groups is 2. The first-order valence-corrected chi connectivity index (χ1v) is 9.84. The van der Waals surface area contributed by atoms with Gasteiger partial charge in [-0.1, -0.05) is 30.3 Å². The first kappa shape index (κ1) is 20.5. The van der Waals surface area contributed by atoms with Crippen LogP contribution < -0.4 is 15.4 Å². The molecular formula is C24H20F2N2O3. The number of amides is 2. The molecule has 0 saturated heterocycles. The fraction of sp³-hybridized carbons (Fsp3) is 0.167. The Morgan fingerprint density at radius 1 is 0.968 bits per heavy atom. The molecule has 0 radical (unpaired) electrons. The maximum Gasteiger partial charge on any atom is 0.258 e. The minimum absolute atomic E-state index is 0.0538. The number of rotatable bonds is 5. The molecule has 31 heavy (non-hydrogen) atoms. The summed E-state index contributed by atoms with van der Waals surface area (Å²) < 4.78 is 33.3. The van der Waals surface area contributed by atoms with E-state index >= 15 is 0 Å². The number of anilines is 1. The molecule has 1 aliphatic heterocycles. The van der Waals surface area contributed by atoms with E-state index < -0.39 is 17.6 Å². The van der Waals surface area contributed by atoms with Gasteiger partial charge < -0.3 is 15.4 Å². The number of fused-ring (bicyclic) bond motifs is 1. The van der Waals surface area contributed by atoms with Gasteiger partial charge in [0.2, 0.25) is 5.91 Å². The molecule has 3 aromatic carbocycles. The normalized spacial score (nSPS) is 14.8. The molecule has 5 nitrogen and oxygen atoms in total. The Hall–Kier alpha value is -3.74. The van der Waals surface area contributed by atoms with Crippen molar-refractivity contribution < 1.29 is 23.1 Å². The Morgan fingerprint density at radius 3 is 2.48 bits per heavy atom. The first-order valence-electron chi connectivity index (χ1n) is 9.84. The predicted octanol–water partition coefficient (Wildman–Crippen LogP) is 4.08. The number of halogens is 2.